The van der Waals surface area contributed by atoms with Gasteiger partial charge in [-0.25, -0.2) is 0 Å². The third-order valence-electron chi connectivity index (χ3n) is 3.63. The number of amides is 1. The van der Waals surface area contributed by atoms with Crippen molar-refractivity contribution in [2.45, 2.75) is 52.1 Å². The number of benzene rings is 1. The topological polar surface area (TPSA) is 41.1 Å². The fourth-order valence-electron chi connectivity index (χ4n) is 2.64. The molecule has 2 N–H and O–H groups in total. The molecule has 1 aliphatic rings. The number of anilines is 1. The maximum atomic E-state index is 11.8. The Balaban J connectivity index is 1.93. The molecule has 1 saturated carbocycles. The molecule has 0 saturated heterocycles. The van der Waals surface area contributed by atoms with E-state index in [4.69, 9.17) is 0 Å². The summed E-state index contributed by atoms with van der Waals surface area (Å²) in [6.45, 7) is 6.24. The third-order valence-corrected chi connectivity index (χ3v) is 3.63. The van der Waals surface area contributed by atoms with Crippen molar-refractivity contribution in [3.8, 4) is 0 Å². The number of nitrogens with one attached hydrogen (secondary N) is 2. The van der Waals surface area contributed by atoms with E-state index in [1.807, 2.05) is 38.1 Å². The molecule has 0 heterocycles. The van der Waals surface area contributed by atoms with Gasteiger partial charge in [-0.15, -0.1) is 0 Å². The average molecular weight is 260 g/mol. The van der Waals surface area contributed by atoms with Crippen molar-refractivity contribution in [3.05, 3.63) is 29.8 Å². The van der Waals surface area contributed by atoms with Gasteiger partial charge in [0.25, 0.3) is 5.91 Å². The van der Waals surface area contributed by atoms with Crippen molar-refractivity contribution in [1.29, 1.82) is 0 Å². The van der Waals surface area contributed by atoms with E-state index in [-0.39, 0.29) is 11.9 Å². The summed E-state index contributed by atoms with van der Waals surface area (Å²) in [5.74, 6) is 0.824. The van der Waals surface area contributed by atoms with Crippen LogP contribution >= 0.6 is 0 Å². The van der Waals surface area contributed by atoms with Crippen LogP contribution in [0.2, 0.25) is 0 Å². The second kappa shape index (κ2) is 6.09. The Kier molecular flexibility index (Phi) is 4.46. The number of rotatable bonds is 4. The minimum atomic E-state index is -0.00367. The largest absolute Gasteiger partial charge is 0.382 e. The molecule has 2 unspecified atom stereocenters. The predicted octanol–water partition coefficient (Wildman–Crippen LogP) is 3.43. The van der Waals surface area contributed by atoms with Gasteiger partial charge in [0.1, 0.15) is 0 Å². The first-order chi connectivity index (χ1) is 9.04. The molecule has 2 atom stereocenters. The van der Waals surface area contributed by atoms with Crippen molar-refractivity contribution in [2.24, 2.45) is 5.92 Å². The lowest BCUT2D eigenvalue weighted by Crippen LogP contribution is -2.30. The number of hydrogen-bond acceptors (Lipinski definition) is 2. The van der Waals surface area contributed by atoms with Gasteiger partial charge in [0.05, 0.1) is 0 Å². The summed E-state index contributed by atoms with van der Waals surface area (Å²) in [4.78, 5) is 11.8. The molecule has 1 fully saturated rings. The Bertz CT molecular complexity index is 425. The number of carbonyl (C=O) groups is 1. The van der Waals surface area contributed by atoms with Crippen LogP contribution in [0.25, 0.3) is 0 Å². The van der Waals surface area contributed by atoms with Crippen LogP contribution in [0.15, 0.2) is 24.3 Å². The van der Waals surface area contributed by atoms with Crippen molar-refractivity contribution < 1.29 is 4.79 Å². The minimum absolute atomic E-state index is 0.00367. The molecule has 19 heavy (non-hydrogen) atoms. The summed E-state index contributed by atoms with van der Waals surface area (Å²) in [5.41, 5.74) is 1.83. The second-order valence-electron chi connectivity index (χ2n) is 5.96. The Hall–Kier alpha value is -1.51. The highest BCUT2D eigenvalue weighted by Gasteiger charge is 2.20. The Morgan fingerprint density at radius 3 is 2.42 bits per heavy atom. The molecular weight excluding hydrogens is 236 g/mol. The van der Waals surface area contributed by atoms with Gasteiger partial charge in [-0.05, 0) is 63.3 Å². The smallest absolute Gasteiger partial charge is 0.251 e. The van der Waals surface area contributed by atoms with Crippen molar-refractivity contribution in [1.82, 2.24) is 5.32 Å². The lowest BCUT2D eigenvalue weighted by molar-refractivity contribution is 0.0943. The van der Waals surface area contributed by atoms with E-state index in [1.54, 1.807) is 0 Å². The number of hydrogen-bond donors (Lipinski definition) is 2. The highest BCUT2D eigenvalue weighted by Crippen LogP contribution is 2.27. The first kappa shape index (κ1) is 13.9. The SMILES string of the molecule is CC1CCC(Nc2ccc(C(=O)NC(C)C)cc2)C1. The Morgan fingerprint density at radius 1 is 1.21 bits per heavy atom. The van der Waals surface area contributed by atoms with E-state index in [0.717, 1.165) is 17.2 Å². The fraction of sp³-hybridized carbons (Fsp3) is 0.562. The minimum Gasteiger partial charge on any atom is -0.382 e. The van der Waals surface area contributed by atoms with Crippen LogP contribution in [0.5, 0.6) is 0 Å². The van der Waals surface area contributed by atoms with E-state index in [0.29, 0.717) is 6.04 Å². The first-order valence-electron chi connectivity index (χ1n) is 7.22. The standard InChI is InChI=1S/C16H24N2O/c1-11(2)17-16(19)13-5-8-14(9-6-13)18-15-7-4-12(3)10-15/h5-6,8-9,11-12,15,18H,4,7,10H2,1-3H3,(H,17,19). The quantitative estimate of drug-likeness (QED) is 0.871. The van der Waals surface area contributed by atoms with Crippen LogP contribution in [0.3, 0.4) is 0 Å². The maximum Gasteiger partial charge on any atom is 0.251 e. The van der Waals surface area contributed by atoms with Crippen molar-refractivity contribution >= 4 is 11.6 Å². The van der Waals surface area contributed by atoms with Crippen molar-refractivity contribution in [2.75, 3.05) is 5.32 Å². The summed E-state index contributed by atoms with van der Waals surface area (Å²) in [7, 11) is 0. The monoisotopic (exact) mass is 260 g/mol. The lowest BCUT2D eigenvalue weighted by Gasteiger charge is -2.14. The zero-order valence-electron chi connectivity index (χ0n) is 12.1. The highest BCUT2D eigenvalue weighted by molar-refractivity contribution is 5.94. The Labute approximate surface area is 115 Å². The van der Waals surface area contributed by atoms with Crippen LogP contribution in [0, 0.1) is 5.92 Å². The second-order valence-corrected chi connectivity index (χ2v) is 5.96. The van der Waals surface area contributed by atoms with Gasteiger partial charge in [-0.1, -0.05) is 6.92 Å². The third kappa shape index (κ3) is 3.98. The zero-order valence-corrected chi connectivity index (χ0v) is 12.1. The van der Waals surface area contributed by atoms with Crippen LogP contribution < -0.4 is 10.6 Å². The van der Waals surface area contributed by atoms with Gasteiger partial charge in [0.15, 0.2) is 0 Å². The normalized spacial score (nSPS) is 22.5. The van der Waals surface area contributed by atoms with E-state index in [2.05, 4.69) is 17.6 Å². The molecule has 0 spiro atoms. The molecule has 0 radical (unpaired) electrons. The molecule has 1 amide bonds. The van der Waals surface area contributed by atoms with Crippen LogP contribution in [-0.4, -0.2) is 18.0 Å². The summed E-state index contributed by atoms with van der Waals surface area (Å²) in [5, 5.41) is 6.44. The van der Waals surface area contributed by atoms with Gasteiger partial charge in [0, 0.05) is 23.3 Å². The molecule has 0 aliphatic heterocycles. The van der Waals surface area contributed by atoms with Crippen LogP contribution in [0.1, 0.15) is 50.4 Å². The van der Waals surface area contributed by atoms with Gasteiger partial charge in [0.2, 0.25) is 0 Å². The van der Waals surface area contributed by atoms with Crippen LogP contribution in [-0.2, 0) is 0 Å². The van der Waals surface area contributed by atoms with E-state index in [1.165, 1.54) is 19.3 Å². The molecule has 1 aromatic rings. The molecule has 1 aliphatic carbocycles. The van der Waals surface area contributed by atoms with Gasteiger partial charge in [-0.2, -0.15) is 0 Å². The van der Waals surface area contributed by atoms with E-state index >= 15 is 0 Å². The molecule has 0 bridgehead atoms. The highest BCUT2D eigenvalue weighted by atomic mass is 16.1. The summed E-state index contributed by atoms with van der Waals surface area (Å²) >= 11 is 0. The van der Waals surface area contributed by atoms with Crippen LogP contribution in [0.4, 0.5) is 5.69 Å². The van der Waals surface area contributed by atoms with E-state index < -0.39 is 0 Å². The molecule has 104 valence electrons. The summed E-state index contributed by atoms with van der Waals surface area (Å²) in [6, 6.07) is 8.53. The number of carbonyl (C=O) groups excluding carboxylic acids is 1. The molecular formula is C16H24N2O. The first-order valence-corrected chi connectivity index (χ1v) is 7.22. The molecule has 3 heteroatoms. The predicted molar refractivity (Wildman–Crippen MR) is 79.5 cm³/mol. The fourth-order valence-corrected chi connectivity index (χ4v) is 2.64. The Morgan fingerprint density at radius 2 is 1.89 bits per heavy atom. The molecule has 0 aromatic heterocycles. The summed E-state index contributed by atoms with van der Waals surface area (Å²) in [6.07, 6.45) is 3.80. The zero-order chi connectivity index (χ0) is 13.8. The molecule has 3 nitrogen and oxygen atoms in total. The maximum absolute atomic E-state index is 11.8. The molecule has 2 rings (SSSR count). The van der Waals surface area contributed by atoms with Gasteiger partial charge < -0.3 is 10.6 Å². The molecule has 1 aromatic carbocycles. The van der Waals surface area contributed by atoms with Gasteiger partial charge >= 0.3 is 0 Å². The summed E-state index contributed by atoms with van der Waals surface area (Å²) < 4.78 is 0. The van der Waals surface area contributed by atoms with Crippen molar-refractivity contribution in [3.63, 3.8) is 0 Å². The lowest BCUT2D eigenvalue weighted by atomic mass is 10.1. The van der Waals surface area contributed by atoms with Gasteiger partial charge in [-0.3, -0.25) is 4.79 Å². The van der Waals surface area contributed by atoms with E-state index in [9.17, 15) is 4.79 Å². The average Bonchev–Trinajstić information content (AvgIpc) is 2.75.